The Kier molecular flexibility index (Phi) is 6.50. The lowest BCUT2D eigenvalue weighted by Gasteiger charge is -2.07. The van der Waals surface area contributed by atoms with Crippen LogP contribution in [0.1, 0.15) is 19.8 Å². The molecule has 0 bridgehead atoms. The highest BCUT2D eigenvalue weighted by molar-refractivity contribution is 9.11. The van der Waals surface area contributed by atoms with Gasteiger partial charge in [0.05, 0.1) is 4.47 Å². The zero-order chi connectivity index (χ0) is 12.7. The number of hydrogen-bond acceptors (Lipinski definition) is 3. The molecule has 94 valence electrons. The lowest BCUT2D eigenvalue weighted by molar-refractivity contribution is -0.120. The number of rotatable bonds is 6. The molecular weight excluding hydrogens is 350 g/mol. The molecule has 0 unspecified atom stereocenters. The van der Waals surface area contributed by atoms with Crippen LogP contribution < -0.4 is 10.6 Å². The predicted molar refractivity (Wildman–Crippen MR) is 76.0 cm³/mol. The van der Waals surface area contributed by atoms with Gasteiger partial charge in [-0.15, -0.1) is 0 Å². The molecule has 4 nitrogen and oxygen atoms in total. The van der Waals surface area contributed by atoms with Crippen molar-refractivity contribution in [1.29, 1.82) is 0 Å². The minimum absolute atomic E-state index is 0.0626. The summed E-state index contributed by atoms with van der Waals surface area (Å²) >= 11 is 6.73. The highest BCUT2D eigenvalue weighted by Gasteiger charge is 2.03. The first-order valence-corrected chi connectivity index (χ1v) is 7.03. The summed E-state index contributed by atoms with van der Waals surface area (Å²) in [5.41, 5.74) is 0. The number of carbonyl (C=O) groups excluding carboxylic acids is 1. The molecule has 0 aliphatic rings. The molecule has 0 saturated carbocycles. The van der Waals surface area contributed by atoms with Crippen LogP contribution in [0.15, 0.2) is 21.2 Å². The van der Waals surface area contributed by atoms with E-state index in [0.717, 1.165) is 27.7 Å². The van der Waals surface area contributed by atoms with E-state index in [1.165, 1.54) is 0 Å². The second-order valence-electron chi connectivity index (χ2n) is 3.51. The Morgan fingerprint density at radius 1 is 1.41 bits per heavy atom. The van der Waals surface area contributed by atoms with Crippen LogP contribution in [0.3, 0.4) is 0 Å². The van der Waals surface area contributed by atoms with Gasteiger partial charge >= 0.3 is 0 Å². The standard InChI is InChI=1S/C11H15Br2N3O/c1-2-4-14-10(17)3-5-15-11-9(13)6-8(12)7-16-11/h6-7H,2-5H2,1H3,(H,14,17)(H,15,16). The third-order valence-electron chi connectivity index (χ3n) is 2.02. The summed E-state index contributed by atoms with van der Waals surface area (Å²) in [6.07, 6.45) is 3.12. The molecule has 0 aliphatic carbocycles. The van der Waals surface area contributed by atoms with Gasteiger partial charge < -0.3 is 10.6 Å². The minimum atomic E-state index is 0.0626. The van der Waals surface area contributed by atoms with Crippen LogP contribution >= 0.6 is 31.9 Å². The Hall–Kier alpha value is -0.620. The predicted octanol–water partition coefficient (Wildman–Crippen LogP) is 2.93. The van der Waals surface area contributed by atoms with Gasteiger partial charge in [-0.3, -0.25) is 4.79 Å². The van der Waals surface area contributed by atoms with Crippen molar-refractivity contribution in [2.24, 2.45) is 0 Å². The molecule has 0 saturated heterocycles. The fraction of sp³-hybridized carbons (Fsp3) is 0.455. The number of amides is 1. The fourth-order valence-corrected chi connectivity index (χ4v) is 2.32. The van der Waals surface area contributed by atoms with Crippen LogP contribution in [-0.2, 0) is 4.79 Å². The summed E-state index contributed by atoms with van der Waals surface area (Å²) in [4.78, 5) is 15.5. The number of nitrogens with zero attached hydrogens (tertiary/aromatic N) is 1. The maximum atomic E-state index is 11.3. The molecule has 6 heteroatoms. The zero-order valence-electron chi connectivity index (χ0n) is 9.59. The Morgan fingerprint density at radius 3 is 2.82 bits per heavy atom. The van der Waals surface area contributed by atoms with Crippen molar-refractivity contribution in [3.63, 3.8) is 0 Å². The Balaban J connectivity index is 2.33. The fourth-order valence-electron chi connectivity index (χ4n) is 1.19. The van der Waals surface area contributed by atoms with Gasteiger partial charge in [-0.25, -0.2) is 4.98 Å². The summed E-state index contributed by atoms with van der Waals surface area (Å²) < 4.78 is 1.79. The molecule has 0 aliphatic heterocycles. The van der Waals surface area contributed by atoms with E-state index in [4.69, 9.17) is 0 Å². The van der Waals surface area contributed by atoms with Gasteiger partial charge in [-0.2, -0.15) is 0 Å². The normalized spacial score (nSPS) is 10.1. The lowest BCUT2D eigenvalue weighted by Crippen LogP contribution is -2.26. The average molecular weight is 365 g/mol. The Labute approximate surface area is 118 Å². The first-order valence-electron chi connectivity index (χ1n) is 5.45. The van der Waals surface area contributed by atoms with Gasteiger partial charge in [-0.05, 0) is 44.3 Å². The zero-order valence-corrected chi connectivity index (χ0v) is 12.8. The van der Waals surface area contributed by atoms with E-state index >= 15 is 0 Å². The summed E-state index contributed by atoms with van der Waals surface area (Å²) in [7, 11) is 0. The number of nitrogens with one attached hydrogen (secondary N) is 2. The van der Waals surface area contributed by atoms with Crippen molar-refractivity contribution < 1.29 is 4.79 Å². The van der Waals surface area contributed by atoms with E-state index in [2.05, 4.69) is 47.5 Å². The van der Waals surface area contributed by atoms with Crippen molar-refractivity contribution in [2.45, 2.75) is 19.8 Å². The largest absolute Gasteiger partial charge is 0.369 e. The molecule has 1 rings (SSSR count). The summed E-state index contributed by atoms with van der Waals surface area (Å²) in [5, 5.41) is 5.93. The third-order valence-corrected chi connectivity index (χ3v) is 3.06. The maximum absolute atomic E-state index is 11.3. The smallest absolute Gasteiger partial charge is 0.221 e. The third kappa shape index (κ3) is 5.50. The number of pyridine rings is 1. The second-order valence-corrected chi connectivity index (χ2v) is 5.28. The highest BCUT2D eigenvalue weighted by atomic mass is 79.9. The molecule has 0 spiro atoms. The quantitative estimate of drug-likeness (QED) is 0.815. The van der Waals surface area contributed by atoms with E-state index in [9.17, 15) is 4.79 Å². The summed E-state index contributed by atoms with van der Waals surface area (Å²) in [5.74, 6) is 0.809. The lowest BCUT2D eigenvalue weighted by atomic mass is 10.3. The van der Waals surface area contributed by atoms with Crippen molar-refractivity contribution in [1.82, 2.24) is 10.3 Å². The van der Waals surface area contributed by atoms with E-state index in [1.54, 1.807) is 6.20 Å². The van der Waals surface area contributed by atoms with E-state index in [-0.39, 0.29) is 5.91 Å². The van der Waals surface area contributed by atoms with Crippen molar-refractivity contribution in [3.05, 3.63) is 21.2 Å². The molecule has 0 aromatic carbocycles. The molecule has 1 heterocycles. The van der Waals surface area contributed by atoms with Gasteiger partial charge in [0.25, 0.3) is 0 Å². The first kappa shape index (κ1) is 14.4. The molecule has 0 radical (unpaired) electrons. The van der Waals surface area contributed by atoms with E-state index < -0.39 is 0 Å². The van der Waals surface area contributed by atoms with Crippen LogP contribution in [0, 0.1) is 0 Å². The van der Waals surface area contributed by atoms with Crippen molar-refractivity contribution in [2.75, 3.05) is 18.4 Å². The van der Waals surface area contributed by atoms with E-state index in [1.807, 2.05) is 13.0 Å². The van der Waals surface area contributed by atoms with Crippen LogP contribution in [0.25, 0.3) is 0 Å². The molecule has 2 N–H and O–H groups in total. The molecule has 1 amide bonds. The first-order chi connectivity index (χ1) is 8.13. The number of halogens is 2. The second kappa shape index (κ2) is 7.66. The van der Waals surface area contributed by atoms with Gasteiger partial charge in [-0.1, -0.05) is 6.92 Å². The Bertz CT molecular complexity index is 385. The van der Waals surface area contributed by atoms with Crippen LogP contribution in [0.2, 0.25) is 0 Å². The SMILES string of the molecule is CCCNC(=O)CCNc1ncc(Br)cc1Br. The Morgan fingerprint density at radius 2 is 2.18 bits per heavy atom. The molecule has 0 atom stereocenters. The molecule has 0 fully saturated rings. The van der Waals surface area contributed by atoms with Gasteiger partial charge in [0, 0.05) is 30.2 Å². The monoisotopic (exact) mass is 363 g/mol. The summed E-state index contributed by atoms with van der Waals surface area (Å²) in [6.45, 7) is 3.34. The molecule has 1 aromatic heterocycles. The number of carbonyl (C=O) groups is 1. The van der Waals surface area contributed by atoms with Crippen molar-refractivity contribution in [3.8, 4) is 0 Å². The summed E-state index contributed by atoms with van der Waals surface area (Å²) in [6, 6.07) is 1.91. The van der Waals surface area contributed by atoms with Gasteiger partial charge in [0.1, 0.15) is 5.82 Å². The number of hydrogen-bond donors (Lipinski definition) is 2. The maximum Gasteiger partial charge on any atom is 0.221 e. The topological polar surface area (TPSA) is 54.0 Å². The van der Waals surface area contributed by atoms with Crippen molar-refractivity contribution >= 4 is 43.6 Å². The number of anilines is 1. The molecule has 17 heavy (non-hydrogen) atoms. The van der Waals surface area contributed by atoms with Crippen LogP contribution in [0.5, 0.6) is 0 Å². The molecular formula is C11H15Br2N3O. The van der Waals surface area contributed by atoms with E-state index in [0.29, 0.717) is 13.0 Å². The van der Waals surface area contributed by atoms with Gasteiger partial charge in [0.15, 0.2) is 0 Å². The average Bonchev–Trinajstić information content (AvgIpc) is 2.29. The molecule has 1 aromatic rings. The van der Waals surface area contributed by atoms with Crippen LogP contribution in [0.4, 0.5) is 5.82 Å². The highest BCUT2D eigenvalue weighted by Crippen LogP contribution is 2.23. The minimum Gasteiger partial charge on any atom is -0.369 e. The van der Waals surface area contributed by atoms with Gasteiger partial charge in [0.2, 0.25) is 5.91 Å². The van der Waals surface area contributed by atoms with Crippen LogP contribution in [-0.4, -0.2) is 24.0 Å². The number of aromatic nitrogens is 1.